The van der Waals surface area contributed by atoms with E-state index in [-0.39, 0.29) is 17.7 Å². The van der Waals surface area contributed by atoms with Crippen molar-refractivity contribution in [1.82, 2.24) is 9.88 Å². The third-order valence-corrected chi connectivity index (χ3v) is 4.49. The number of rotatable bonds is 5. The maximum atomic E-state index is 13.8. The fourth-order valence-electron chi connectivity index (χ4n) is 3.13. The molecule has 1 saturated heterocycles. The first-order chi connectivity index (χ1) is 12.9. The van der Waals surface area contributed by atoms with Crippen molar-refractivity contribution in [3.8, 4) is 0 Å². The highest BCUT2D eigenvalue weighted by Gasteiger charge is 2.44. The molecule has 1 aliphatic rings. The van der Waals surface area contributed by atoms with Crippen molar-refractivity contribution in [3.05, 3.63) is 71.3 Å². The van der Waals surface area contributed by atoms with Crippen molar-refractivity contribution in [2.75, 3.05) is 27.2 Å². The molecule has 1 aromatic carbocycles. The first-order valence-corrected chi connectivity index (χ1v) is 8.61. The quantitative estimate of drug-likeness (QED) is 0.442. The molecule has 1 aromatic heterocycles. The summed E-state index contributed by atoms with van der Waals surface area (Å²) in [5, 5.41) is 13.0. The number of amides is 1. The van der Waals surface area contributed by atoms with Gasteiger partial charge < -0.3 is 14.9 Å². The first-order valence-electron chi connectivity index (χ1n) is 8.61. The minimum absolute atomic E-state index is 0.148. The average molecular weight is 369 g/mol. The van der Waals surface area contributed by atoms with Crippen LogP contribution >= 0.6 is 0 Å². The molecule has 27 heavy (non-hydrogen) atoms. The van der Waals surface area contributed by atoms with Gasteiger partial charge in [-0.1, -0.05) is 17.9 Å². The van der Waals surface area contributed by atoms with Gasteiger partial charge in [0.1, 0.15) is 5.82 Å². The molecule has 7 heteroatoms. The van der Waals surface area contributed by atoms with Crippen LogP contribution in [0.5, 0.6) is 0 Å². The number of ketones is 1. The van der Waals surface area contributed by atoms with E-state index in [0.717, 1.165) is 4.90 Å². The molecule has 6 nitrogen and oxygen atoms in total. The van der Waals surface area contributed by atoms with Crippen molar-refractivity contribution >= 4 is 17.4 Å². The van der Waals surface area contributed by atoms with Crippen LogP contribution in [-0.4, -0.2) is 48.8 Å². The number of hydrogen-bond acceptors (Lipinski definition) is 4. The Labute approximate surface area is 156 Å². The highest BCUT2D eigenvalue weighted by Crippen LogP contribution is 2.38. The van der Waals surface area contributed by atoms with Gasteiger partial charge in [-0.15, -0.1) is 0 Å². The predicted molar refractivity (Wildman–Crippen MR) is 94.7 cm³/mol. The lowest BCUT2D eigenvalue weighted by Crippen LogP contribution is -3.06. The van der Waals surface area contributed by atoms with Crippen molar-refractivity contribution in [3.63, 3.8) is 0 Å². The van der Waals surface area contributed by atoms with Crippen LogP contribution in [0.15, 0.2) is 54.4 Å². The van der Waals surface area contributed by atoms with Gasteiger partial charge in [-0.3, -0.25) is 14.6 Å². The fourth-order valence-corrected chi connectivity index (χ4v) is 3.13. The highest BCUT2D eigenvalue weighted by atomic mass is 19.1. The van der Waals surface area contributed by atoms with Gasteiger partial charge in [-0.25, -0.2) is 4.39 Å². The molecular weight excluding hydrogens is 349 g/mol. The first kappa shape index (κ1) is 18.7. The summed E-state index contributed by atoms with van der Waals surface area (Å²) in [6, 6.07) is 7.73. The molecule has 0 radical (unpaired) electrons. The van der Waals surface area contributed by atoms with Crippen LogP contribution < -0.4 is 10.0 Å². The summed E-state index contributed by atoms with van der Waals surface area (Å²) >= 11 is 0. The number of aromatic nitrogens is 1. The zero-order valence-electron chi connectivity index (χ0n) is 15.1. The Morgan fingerprint density at radius 1 is 1.22 bits per heavy atom. The fraction of sp³-hybridized carbons (Fsp3) is 0.250. The van der Waals surface area contributed by atoms with E-state index in [1.54, 1.807) is 6.07 Å². The maximum Gasteiger partial charge on any atom is 0.295 e. The highest BCUT2D eigenvalue weighted by molar-refractivity contribution is 6.46. The van der Waals surface area contributed by atoms with Crippen LogP contribution in [0.2, 0.25) is 0 Å². The van der Waals surface area contributed by atoms with Gasteiger partial charge in [-0.05, 0) is 35.4 Å². The largest absolute Gasteiger partial charge is 0.872 e. The molecule has 140 valence electrons. The number of likely N-dealkylation sites (N-methyl/N-ethyl adjacent to an activating group) is 1. The molecule has 0 saturated carbocycles. The number of quaternary nitrogens is 1. The monoisotopic (exact) mass is 369 g/mol. The van der Waals surface area contributed by atoms with Crippen LogP contribution in [0.1, 0.15) is 17.2 Å². The summed E-state index contributed by atoms with van der Waals surface area (Å²) in [5.74, 6) is -2.60. The number of halogens is 1. The van der Waals surface area contributed by atoms with Crippen molar-refractivity contribution in [2.45, 2.75) is 6.04 Å². The lowest BCUT2D eigenvalue weighted by molar-refractivity contribution is -0.857. The smallest absolute Gasteiger partial charge is 0.295 e. The van der Waals surface area contributed by atoms with Crippen molar-refractivity contribution in [2.24, 2.45) is 0 Å². The lowest BCUT2D eigenvalue weighted by Gasteiger charge is -2.27. The number of nitrogens with one attached hydrogen (secondary N) is 1. The molecular formula is C20H20FN3O3. The SMILES string of the molecule is C[NH+](C)CCN1C(=O)C(=O)C(=C([O-])c2ccncc2)C1c1cccc(F)c1. The maximum absolute atomic E-state index is 13.8. The number of hydrogen-bond donors (Lipinski definition) is 1. The number of likely N-dealkylation sites (tertiary alicyclic amines) is 1. The Morgan fingerprint density at radius 2 is 1.93 bits per heavy atom. The van der Waals surface area contributed by atoms with E-state index in [0.29, 0.717) is 12.1 Å². The Kier molecular flexibility index (Phi) is 5.32. The summed E-state index contributed by atoms with van der Waals surface area (Å²) in [6.45, 7) is 0.864. The Hall–Kier alpha value is -3.06. The number of carbonyl (C=O) groups is 2. The average Bonchev–Trinajstić information content (AvgIpc) is 2.91. The Bertz CT molecular complexity index is 896. The molecule has 1 amide bonds. The van der Waals surface area contributed by atoms with Crippen LogP contribution in [-0.2, 0) is 9.59 Å². The number of Topliss-reactive ketones (excluding diaryl/α,β-unsaturated/α-hetero) is 1. The second-order valence-electron chi connectivity index (χ2n) is 6.72. The summed E-state index contributed by atoms with van der Waals surface area (Å²) in [7, 11) is 3.85. The topological polar surface area (TPSA) is 77.8 Å². The van der Waals surface area contributed by atoms with E-state index in [1.807, 2.05) is 14.1 Å². The minimum atomic E-state index is -0.902. The number of nitrogens with zero attached hydrogens (tertiary/aromatic N) is 2. The summed E-state index contributed by atoms with van der Waals surface area (Å²) in [5.41, 5.74) is 0.522. The van der Waals surface area contributed by atoms with Gasteiger partial charge in [0.2, 0.25) is 5.78 Å². The van der Waals surface area contributed by atoms with Gasteiger partial charge in [-0.2, -0.15) is 0 Å². The zero-order chi connectivity index (χ0) is 19.6. The second kappa shape index (κ2) is 7.67. The van der Waals surface area contributed by atoms with E-state index >= 15 is 0 Å². The van der Waals surface area contributed by atoms with E-state index < -0.39 is 29.3 Å². The van der Waals surface area contributed by atoms with Gasteiger partial charge in [0, 0.05) is 18.0 Å². The van der Waals surface area contributed by atoms with E-state index in [4.69, 9.17) is 0 Å². The predicted octanol–water partition coefficient (Wildman–Crippen LogP) is -0.411. The van der Waals surface area contributed by atoms with Gasteiger partial charge in [0.15, 0.2) is 0 Å². The molecule has 0 aliphatic carbocycles. The summed E-state index contributed by atoms with van der Waals surface area (Å²) in [6.07, 6.45) is 2.89. The van der Waals surface area contributed by atoms with E-state index in [2.05, 4.69) is 4.98 Å². The van der Waals surface area contributed by atoms with E-state index in [9.17, 15) is 19.1 Å². The second-order valence-corrected chi connectivity index (χ2v) is 6.72. The molecule has 0 bridgehead atoms. The van der Waals surface area contributed by atoms with Crippen LogP contribution in [0.4, 0.5) is 4.39 Å². The normalized spacial score (nSPS) is 19.1. The third-order valence-electron chi connectivity index (χ3n) is 4.49. The zero-order valence-corrected chi connectivity index (χ0v) is 15.1. The standard InChI is InChI=1S/C20H20FN3O3/c1-23(2)10-11-24-17(14-4-3-5-15(21)12-14)16(19(26)20(24)27)18(25)13-6-8-22-9-7-13/h3-9,12,17,25H,10-11H2,1-2H3. The van der Waals surface area contributed by atoms with Crippen LogP contribution in [0.25, 0.3) is 5.76 Å². The van der Waals surface area contributed by atoms with Gasteiger partial charge in [0.25, 0.3) is 5.91 Å². The third kappa shape index (κ3) is 3.73. The number of pyridine rings is 1. The molecule has 2 aromatic rings. The van der Waals surface area contributed by atoms with Crippen molar-refractivity contribution < 1.29 is 24.0 Å². The van der Waals surface area contributed by atoms with E-state index in [1.165, 1.54) is 47.6 Å². The number of carbonyl (C=O) groups excluding carboxylic acids is 2. The van der Waals surface area contributed by atoms with Crippen LogP contribution in [0, 0.1) is 5.82 Å². The molecule has 1 N–H and O–H groups in total. The molecule has 1 unspecified atom stereocenters. The summed E-state index contributed by atoms with van der Waals surface area (Å²) in [4.78, 5) is 31.6. The van der Waals surface area contributed by atoms with Crippen molar-refractivity contribution in [1.29, 1.82) is 0 Å². The Balaban J connectivity index is 2.15. The lowest BCUT2D eigenvalue weighted by atomic mass is 9.95. The molecule has 1 atom stereocenters. The number of benzene rings is 1. The molecule has 0 spiro atoms. The molecule has 1 fully saturated rings. The van der Waals surface area contributed by atoms with Gasteiger partial charge in [0.05, 0.1) is 33.2 Å². The molecule has 1 aliphatic heterocycles. The summed E-state index contributed by atoms with van der Waals surface area (Å²) < 4.78 is 13.8. The van der Waals surface area contributed by atoms with Gasteiger partial charge >= 0.3 is 0 Å². The molecule has 2 heterocycles. The Morgan fingerprint density at radius 3 is 2.56 bits per heavy atom. The minimum Gasteiger partial charge on any atom is -0.872 e. The molecule has 3 rings (SSSR count). The van der Waals surface area contributed by atoms with Crippen LogP contribution in [0.3, 0.4) is 0 Å².